The number of aromatic amines is 1. The number of para-hydroxylation sites is 1. The van der Waals surface area contributed by atoms with Crippen molar-refractivity contribution in [3.05, 3.63) is 54.4 Å². The number of Topliss-reactive ketones (excluding diaryl/α,β-unsaturated/α-hetero) is 1. The number of hydrogen-bond acceptors (Lipinski definition) is 2. The molecule has 0 aliphatic carbocycles. The number of rotatable bonds is 6. The Kier molecular flexibility index (Phi) is 4.05. The first-order valence-electron chi connectivity index (χ1n) is 6.41. The zero-order valence-corrected chi connectivity index (χ0v) is 11.3. The maximum atomic E-state index is 12.3. The Morgan fingerprint density at radius 2 is 1.89 bits per heavy atom. The van der Waals surface area contributed by atoms with Crippen molar-refractivity contribution in [3.8, 4) is 5.75 Å². The van der Waals surface area contributed by atoms with Gasteiger partial charge in [0.15, 0.2) is 0 Å². The van der Waals surface area contributed by atoms with Crippen LogP contribution in [0.5, 0.6) is 5.75 Å². The summed E-state index contributed by atoms with van der Waals surface area (Å²) in [5, 5.41) is 0. The number of carbonyl (C=O) groups is 1. The van der Waals surface area contributed by atoms with Gasteiger partial charge in [-0.05, 0) is 38.1 Å². The van der Waals surface area contributed by atoms with Gasteiger partial charge in [0.2, 0.25) is 0 Å². The lowest BCUT2D eigenvalue weighted by Gasteiger charge is -2.23. The highest BCUT2D eigenvalue weighted by molar-refractivity contribution is 5.86. The minimum Gasteiger partial charge on any atom is -0.493 e. The summed E-state index contributed by atoms with van der Waals surface area (Å²) in [7, 11) is 0. The summed E-state index contributed by atoms with van der Waals surface area (Å²) >= 11 is 0. The lowest BCUT2D eigenvalue weighted by Crippen LogP contribution is -2.32. The van der Waals surface area contributed by atoms with Gasteiger partial charge < -0.3 is 9.72 Å². The molecule has 0 aliphatic heterocycles. The molecule has 0 saturated carbocycles. The largest absolute Gasteiger partial charge is 0.493 e. The Hall–Kier alpha value is -2.03. The third-order valence-corrected chi connectivity index (χ3v) is 3.11. The highest BCUT2D eigenvalue weighted by atomic mass is 16.5. The third kappa shape index (κ3) is 3.71. The van der Waals surface area contributed by atoms with Crippen LogP contribution in [0.4, 0.5) is 0 Å². The van der Waals surface area contributed by atoms with Crippen LogP contribution in [0.1, 0.15) is 19.5 Å². The third-order valence-electron chi connectivity index (χ3n) is 3.11. The Morgan fingerprint density at radius 3 is 2.53 bits per heavy atom. The van der Waals surface area contributed by atoms with Crippen molar-refractivity contribution in [2.45, 2.75) is 20.3 Å². The Balaban J connectivity index is 1.92. The zero-order valence-electron chi connectivity index (χ0n) is 11.3. The molecule has 2 aromatic rings. The van der Waals surface area contributed by atoms with Gasteiger partial charge in [-0.3, -0.25) is 4.79 Å². The van der Waals surface area contributed by atoms with Crippen molar-refractivity contribution >= 4 is 5.78 Å². The molecule has 0 saturated heterocycles. The van der Waals surface area contributed by atoms with Gasteiger partial charge in [0.1, 0.15) is 18.1 Å². The van der Waals surface area contributed by atoms with Crippen molar-refractivity contribution in [3.63, 3.8) is 0 Å². The second-order valence-corrected chi connectivity index (χ2v) is 5.28. The molecule has 1 N–H and O–H groups in total. The second kappa shape index (κ2) is 5.74. The Bertz CT molecular complexity index is 515. The Morgan fingerprint density at radius 1 is 1.16 bits per heavy atom. The average Bonchev–Trinajstić information content (AvgIpc) is 2.90. The smallest absolute Gasteiger partial charge is 0.147 e. The summed E-state index contributed by atoms with van der Waals surface area (Å²) in [4.78, 5) is 15.3. The molecule has 0 atom stereocenters. The molecule has 3 nitrogen and oxygen atoms in total. The average molecular weight is 257 g/mol. The van der Waals surface area contributed by atoms with Crippen molar-refractivity contribution < 1.29 is 9.53 Å². The lowest BCUT2D eigenvalue weighted by molar-refractivity contribution is -0.127. The van der Waals surface area contributed by atoms with Gasteiger partial charge >= 0.3 is 0 Å². The van der Waals surface area contributed by atoms with Crippen LogP contribution in [-0.4, -0.2) is 17.4 Å². The normalized spacial score (nSPS) is 11.3. The first-order valence-corrected chi connectivity index (χ1v) is 6.41. The predicted molar refractivity (Wildman–Crippen MR) is 75.2 cm³/mol. The molecule has 0 spiro atoms. The molecule has 1 aromatic heterocycles. The van der Waals surface area contributed by atoms with Crippen molar-refractivity contribution in [2.75, 3.05) is 6.61 Å². The van der Waals surface area contributed by atoms with Crippen molar-refractivity contribution in [1.29, 1.82) is 0 Å². The van der Waals surface area contributed by atoms with Crippen molar-refractivity contribution in [2.24, 2.45) is 5.41 Å². The van der Waals surface area contributed by atoms with Crippen LogP contribution < -0.4 is 4.74 Å². The molecule has 0 bridgehead atoms. The van der Waals surface area contributed by atoms with E-state index in [1.54, 1.807) is 0 Å². The first kappa shape index (κ1) is 13.4. The first-order chi connectivity index (χ1) is 9.08. The van der Waals surface area contributed by atoms with E-state index in [1.165, 1.54) is 0 Å². The molecule has 1 heterocycles. The predicted octanol–water partition coefficient (Wildman–Crippen LogP) is 3.23. The van der Waals surface area contributed by atoms with Crippen LogP contribution in [0.3, 0.4) is 0 Å². The van der Waals surface area contributed by atoms with E-state index in [2.05, 4.69) is 4.98 Å². The number of carbonyl (C=O) groups excluding carboxylic acids is 1. The van der Waals surface area contributed by atoms with Crippen LogP contribution >= 0.6 is 0 Å². The molecule has 0 aliphatic rings. The number of ether oxygens (including phenoxy) is 1. The van der Waals surface area contributed by atoms with Gasteiger partial charge in [-0.1, -0.05) is 18.2 Å². The number of benzene rings is 1. The number of ketones is 1. The highest BCUT2D eigenvalue weighted by Crippen LogP contribution is 2.21. The molecule has 0 radical (unpaired) electrons. The quantitative estimate of drug-likeness (QED) is 0.863. The molecule has 100 valence electrons. The zero-order chi connectivity index (χ0) is 13.7. The van der Waals surface area contributed by atoms with Gasteiger partial charge in [0.25, 0.3) is 0 Å². The standard InChI is InChI=1S/C16H19NO2/c1-16(2,12-19-14-8-4-3-5-9-14)15(18)11-13-7-6-10-17-13/h3-10,17H,11-12H2,1-2H3. The molecule has 3 heteroatoms. The highest BCUT2D eigenvalue weighted by Gasteiger charge is 2.28. The molecule has 1 aromatic carbocycles. The monoisotopic (exact) mass is 257 g/mol. The van der Waals surface area contributed by atoms with Gasteiger partial charge in [-0.15, -0.1) is 0 Å². The van der Waals surface area contributed by atoms with E-state index in [9.17, 15) is 4.79 Å². The number of H-pyrrole nitrogens is 1. The lowest BCUT2D eigenvalue weighted by atomic mass is 9.86. The molecule has 0 fully saturated rings. The van der Waals surface area contributed by atoms with Crippen LogP contribution in [0.2, 0.25) is 0 Å². The molecular weight excluding hydrogens is 238 g/mol. The summed E-state index contributed by atoms with van der Waals surface area (Å²) < 4.78 is 5.68. The maximum absolute atomic E-state index is 12.3. The molecular formula is C16H19NO2. The van der Waals surface area contributed by atoms with Crippen LogP contribution in [-0.2, 0) is 11.2 Å². The fraction of sp³-hybridized carbons (Fsp3) is 0.312. The summed E-state index contributed by atoms with van der Waals surface area (Å²) in [5.74, 6) is 0.967. The minimum absolute atomic E-state index is 0.172. The SMILES string of the molecule is CC(C)(COc1ccccc1)C(=O)Cc1ccc[nH]1. The topological polar surface area (TPSA) is 42.1 Å². The summed E-state index contributed by atoms with van der Waals surface area (Å²) in [6, 6.07) is 13.4. The van der Waals surface area contributed by atoms with Gasteiger partial charge in [-0.25, -0.2) is 0 Å². The fourth-order valence-corrected chi connectivity index (χ4v) is 1.75. The fourth-order valence-electron chi connectivity index (χ4n) is 1.75. The maximum Gasteiger partial charge on any atom is 0.147 e. The second-order valence-electron chi connectivity index (χ2n) is 5.28. The van der Waals surface area contributed by atoms with Crippen LogP contribution in [0.15, 0.2) is 48.7 Å². The van der Waals surface area contributed by atoms with E-state index in [4.69, 9.17) is 4.74 Å². The molecule has 2 rings (SSSR count). The number of aromatic nitrogens is 1. The van der Waals surface area contributed by atoms with E-state index in [0.717, 1.165) is 11.4 Å². The van der Waals surface area contributed by atoms with Gasteiger partial charge in [0, 0.05) is 18.3 Å². The van der Waals surface area contributed by atoms with E-state index >= 15 is 0 Å². The Labute approximate surface area is 113 Å². The van der Waals surface area contributed by atoms with E-state index < -0.39 is 5.41 Å². The van der Waals surface area contributed by atoms with E-state index in [-0.39, 0.29) is 5.78 Å². The van der Waals surface area contributed by atoms with Crippen molar-refractivity contribution in [1.82, 2.24) is 4.98 Å². The summed E-state index contributed by atoms with van der Waals surface area (Å²) in [6.45, 7) is 4.22. The minimum atomic E-state index is -0.499. The number of hydrogen-bond donors (Lipinski definition) is 1. The van der Waals surface area contributed by atoms with E-state index in [0.29, 0.717) is 13.0 Å². The number of nitrogens with one attached hydrogen (secondary N) is 1. The summed E-state index contributed by atoms with van der Waals surface area (Å²) in [5.41, 5.74) is 0.443. The summed E-state index contributed by atoms with van der Waals surface area (Å²) in [6.07, 6.45) is 2.24. The molecule has 19 heavy (non-hydrogen) atoms. The van der Waals surface area contributed by atoms with Gasteiger partial charge in [-0.2, -0.15) is 0 Å². The van der Waals surface area contributed by atoms with Crippen LogP contribution in [0, 0.1) is 5.41 Å². The van der Waals surface area contributed by atoms with Gasteiger partial charge in [0.05, 0.1) is 5.41 Å². The molecule has 0 unspecified atom stereocenters. The van der Waals surface area contributed by atoms with E-state index in [1.807, 2.05) is 62.5 Å². The molecule has 0 amide bonds. The van der Waals surface area contributed by atoms with Crippen LogP contribution in [0.25, 0.3) is 0 Å².